The molecule has 0 bridgehead atoms. The molecule has 0 amide bonds. The van der Waals surface area contributed by atoms with E-state index in [1.54, 1.807) is 30.0 Å². The summed E-state index contributed by atoms with van der Waals surface area (Å²) >= 11 is 1.45. The Hall–Kier alpha value is -3.19. The third-order valence-electron chi connectivity index (χ3n) is 3.94. The molecule has 5 nitrogen and oxygen atoms in total. The molecule has 0 aliphatic heterocycles. The summed E-state index contributed by atoms with van der Waals surface area (Å²) in [5.41, 5.74) is 9.39. The summed E-state index contributed by atoms with van der Waals surface area (Å²) in [7, 11) is 1.63. The van der Waals surface area contributed by atoms with Crippen LogP contribution in [0.1, 0.15) is 0 Å². The highest BCUT2D eigenvalue weighted by molar-refractivity contribution is 7.12. The van der Waals surface area contributed by atoms with Gasteiger partial charge in [0.1, 0.15) is 17.4 Å². The van der Waals surface area contributed by atoms with Crippen molar-refractivity contribution in [2.24, 2.45) is 0 Å². The van der Waals surface area contributed by atoms with Crippen LogP contribution in [0.2, 0.25) is 0 Å². The monoisotopic (exact) mass is 366 g/mol. The van der Waals surface area contributed by atoms with Gasteiger partial charge in [-0.25, -0.2) is 9.37 Å². The Kier molecular flexibility index (Phi) is 4.14. The maximum atomic E-state index is 13.1. The van der Waals surface area contributed by atoms with E-state index in [9.17, 15) is 4.39 Å². The third kappa shape index (κ3) is 3.04. The molecule has 4 rings (SSSR count). The Labute approximate surface area is 153 Å². The van der Waals surface area contributed by atoms with Crippen molar-refractivity contribution in [2.75, 3.05) is 12.8 Å². The molecule has 7 heteroatoms. The van der Waals surface area contributed by atoms with E-state index in [0.717, 1.165) is 22.6 Å². The van der Waals surface area contributed by atoms with Crippen LogP contribution < -0.4 is 10.5 Å². The predicted molar refractivity (Wildman–Crippen MR) is 101 cm³/mol. The lowest BCUT2D eigenvalue weighted by molar-refractivity contribution is 0.415. The number of nitrogens with two attached hydrogens (primary N) is 1. The molecule has 2 heterocycles. The van der Waals surface area contributed by atoms with Crippen molar-refractivity contribution in [3.63, 3.8) is 0 Å². The van der Waals surface area contributed by atoms with E-state index in [4.69, 9.17) is 10.5 Å². The zero-order valence-electron chi connectivity index (χ0n) is 13.9. The molecule has 0 saturated carbocycles. The lowest BCUT2D eigenvalue weighted by Crippen LogP contribution is -2.01. The minimum absolute atomic E-state index is 0.287. The van der Waals surface area contributed by atoms with E-state index >= 15 is 0 Å². The SMILES string of the molecule is COc1ccc(-c2csc(-n3nc(-c4ccc(F)cc4)cc3N)n2)cc1. The third-order valence-corrected chi connectivity index (χ3v) is 4.75. The highest BCUT2D eigenvalue weighted by Gasteiger charge is 2.13. The number of anilines is 1. The molecular weight excluding hydrogens is 351 g/mol. The smallest absolute Gasteiger partial charge is 0.212 e. The topological polar surface area (TPSA) is 66.0 Å². The van der Waals surface area contributed by atoms with Gasteiger partial charge in [-0.15, -0.1) is 11.3 Å². The fourth-order valence-electron chi connectivity index (χ4n) is 2.57. The zero-order chi connectivity index (χ0) is 18.1. The van der Waals surface area contributed by atoms with Crippen molar-refractivity contribution in [3.05, 3.63) is 65.8 Å². The highest BCUT2D eigenvalue weighted by Crippen LogP contribution is 2.28. The molecule has 2 aromatic carbocycles. The number of ether oxygens (including phenoxy) is 1. The van der Waals surface area contributed by atoms with Gasteiger partial charge in [0.25, 0.3) is 0 Å². The maximum absolute atomic E-state index is 13.1. The summed E-state index contributed by atoms with van der Waals surface area (Å²) in [6.45, 7) is 0. The standard InChI is InChI=1S/C19H15FN4OS/c1-25-15-8-4-13(5-9-15)17-11-26-19(22-17)24-18(21)10-16(23-24)12-2-6-14(20)7-3-12/h2-11H,21H2,1H3. The van der Waals surface area contributed by atoms with Crippen molar-refractivity contribution < 1.29 is 9.13 Å². The van der Waals surface area contributed by atoms with Gasteiger partial charge in [0, 0.05) is 22.6 Å². The van der Waals surface area contributed by atoms with Crippen LogP contribution in [-0.4, -0.2) is 21.9 Å². The number of aromatic nitrogens is 3. The second kappa shape index (κ2) is 6.61. The molecule has 26 heavy (non-hydrogen) atoms. The van der Waals surface area contributed by atoms with Gasteiger partial charge in [-0.05, 0) is 48.5 Å². The van der Waals surface area contributed by atoms with Crippen LogP contribution in [0, 0.1) is 5.82 Å². The van der Waals surface area contributed by atoms with Crippen LogP contribution in [-0.2, 0) is 0 Å². The average Bonchev–Trinajstić information content (AvgIpc) is 3.29. The summed E-state index contributed by atoms with van der Waals surface area (Å²) in [5.74, 6) is 0.981. The van der Waals surface area contributed by atoms with Crippen LogP contribution in [0.25, 0.3) is 27.6 Å². The summed E-state index contributed by atoms with van der Waals surface area (Å²) in [6, 6.07) is 15.6. The number of halogens is 1. The van der Waals surface area contributed by atoms with Gasteiger partial charge < -0.3 is 10.5 Å². The molecule has 2 aromatic heterocycles. The summed E-state index contributed by atoms with van der Waals surface area (Å²) in [4.78, 5) is 4.63. The second-order valence-corrected chi connectivity index (χ2v) is 6.45. The zero-order valence-corrected chi connectivity index (χ0v) is 14.7. The second-order valence-electron chi connectivity index (χ2n) is 5.62. The number of nitrogens with zero attached hydrogens (tertiary/aromatic N) is 3. The number of hydrogen-bond donors (Lipinski definition) is 1. The van der Waals surface area contributed by atoms with Gasteiger partial charge in [0.05, 0.1) is 18.5 Å². The molecule has 2 N–H and O–H groups in total. The minimum Gasteiger partial charge on any atom is -0.497 e. The van der Waals surface area contributed by atoms with Gasteiger partial charge in [0.2, 0.25) is 5.13 Å². The number of hydrogen-bond acceptors (Lipinski definition) is 5. The van der Waals surface area contributed by atoms with Crippen molar-refractivity contribution in [3.8, 4) is 33.4 Å². The first-order chi connectivity index (χ1) is 12.6. The predicted octanol–water partition coefficient (Wildman–Crippen LogP) is 4.39. The Morgan fingerprint density at radius 2 is 1.65 bits per heavy atom. The Morgan fingerprint density at radius 1 is 1.00 bits per heavy atom. The van der Waals surface area contributed by atoms with E-state index in [1.807, 2.05) is 29.6 Å². The Balaban J connectivity index is 1.66. The van der Waals surface area contributed by atoms with Crippen LogP contribution in [0.5, 0.6) is 5.75 Å². The first kappa shape index (κ1) is 16.3. The van der Waals surface area contributed by atoms with Crippen LogP contribution >= 0.6 is 11.3 Å². The van der Waals surface area contributed by atoms with E-state index < -0.39 is 0 Å². The molecule has 0 atom stereocenters. The molecular formula is C19H15FN4OS. The van der Waals surface area contributed by atoms with Crippen LogP contribution in [0.15, 0.2) is 60.0 Å². The van der Waals surface area contributed by atoms with E-state index in [1.165, 1.54) is 23.5 Å². The number of rotatable bonds is 4. The lowest BCUT2D eigenvalue weighted by Gasteiger charge is -2.01. The molecule has 0 aliphatic rings. The summed E-state index contributed by atoms with van der Waals surface area (Å²) in [6.07, 6.45) is 0. The van der Waals surface area contributed by atoms with Crippen molar-refractivity contribution >= 4 is 17.2 Å². The van der Waals surface area contributed by atoms with Gasteiger partial charge in [-0.1, -0.05) is 0 Å². The van der Waals surface area contributed by atoms with Gasteiger partial charge >= 0.3 is 0 Å². The van der Waals surface area contributed by atoms with E-state index in [2.05, 4.69) is 10.1 Å². The summed E-state index contributed by atoms with van der Waals surface area (Å²) < 4.78 is 19.9. The van der Waals surface area contributed by atoms with Gasteiger partial charge in [-0.3, -0.25) is 0 Å². The first-order valence-electron chi connectivity index (χ1n) is 7.86. The largest absolute Gasteiger partial charge is 0.497 e. The lowest BCUT2D eigenvalue weighted by atomic mass is 10.1. The van der Waals surface area contributed by atoms with Crippen molar-refractivity contribution in [1.82, 2.24) is 14.8 Å². The van der Waals surface area contributed by atoms with E-state index in [-0.39, 0.29) is 5.82 Å². The Morgan fingerprint density at radius 3 is 2.35 bits per heavy atom. The quantitative estimate of drug-likeness (QED) is 0.582. The van der Waals surface area contributed by atoms with Gasteiger partial charge in [-0.2, -0.15) is 9.78 Å². The number of nitrogen functional groups attached to an aromatic ring is 1. The van der Waals surface area contributed by atoms with Crippen molar-refractivity contribution in [1.29, 1.82) is 0 Å². The molecule has 0 radical (unpaired) electrons. The molecule has 0 fully saturated rings. The Bertz CT molecular complexity index is 1040. The molecule has 4 aromatic rings. The van der Waals surface area contributed by atoms with E-state index in [0.29, 0.717) is 16.6 Å². The minimum atomic E-state index is -0.287. The number of thiazole rings is 1. The van der Waals surface area contributed by atoms with Crippen LogP contribution in [0.4, 0.5) is 10.2 Å². The van der Waals surface area contributed by atoms with Crippen LogP contribution in [0.3, 0.4) is 0 Å². The average molecular weight is 366 g/mol. The highest BCUT2D eigenvalue weighted by atomic mass is 32.1. The molecule has 0 unspecified atom stereocenters. The normalized spacial score (nSPS) is 10.8. The number of methoxy groups -OCH3 is 1. The molecule has 0 aliphatic carbocycles. The van der Waals surface area contributed by atoms with Gasteiger partial charge in [0.15, 0.2) is 0 Å². The molecule has 130 valence electrons. The van der Waals surface area contributed by atoms with Crippen molar-refractivity contribution in [2.45, 2.75) is 0 Å². The fourth-order valence-corrected chi connectivity index (χ4v) is 3.37. The molecule has 0 saturated heterocycles. The fraction of sp³-hybridized carbons (Fsp3) is 0.0526. The first-order valence-corrected chi connectivity index (χ1v) is 8.74. The molecule has 0 spiro atoms. The maximum Gasteiger partial charge on any atom is 0.212 e. The number of benzene rings is 2. The summed E-state index contributed by atoms with van der Waals surface area (Å²) in [5, 5.41) is 7.13.